The number of aromatic nitrogens is 3. The Morgan fingerprint density at radius 1 is 1.53 bits per heavy atom. The Morgan fingerprint density at radius 3 is 2.73 bits per heavy atom. The molecule has 1 aromatic rings. The summed E-state index contributed by atoms with van der Waals surface area (Å²) in [5.41, 5.74) is 0. The smallest absolute Gasteiger partial charge is 0.225 e. The van der Waals surface area contributed by atoms with Crippen LogP contribution >= 0.6 is 12.2 Å². The van der Waals surface area contributed by atoms with Crippen LogP contribution in [0.15, 0.2) is 0 Å². The minimum absolute atomic E-state index is 0.478. The van der Waals surface area contributed by atoms with Gasteiger partial charge in [-0.25, -0.2) is 5.10 Å². The fraction of sp³-hybridized carbons (Fsp3) is 0.800. The van der Waals surface area contributed by atoms with Gasteiger partial charge in [0, 0.05) is 19.6 Å². The summed E-state index contributed by atoms with van der Waals surface area (Å²) in [6.07, 6.45) is 2.16. The Hall–Kier alpha value is -0.840. The summed E-state index contributed by atoms with van der Waals surface area (Å²) < 4.78 is 2.77. The maximum atomic E-state index is 5.20. The Kier molecular flexibility index (Phi) is 4.32. The maximum absolute atomic E-state index is 5.20. The normalized spacial score (nSPS) is 12.8. The minimum Gasteiger partial charge on any atom is -0.341 e. The molecule has 0 aromatic carbocycles. The lowest BCUT2D eigenvalue weighted by atomic mass is 10.2. The number of anilines is 1. The van der Waals surface area contributed by atoms with Crippen molar-refractivity contribution in [1.82, 2.24) is 14.8 Å². The van der Waals surface area contributed by atoms with E-state index in [0.29, 0.717) is 10.8 Å². The van der Waals surface area contributed by atoms with E-state index in [1.807, 2.05) is 0 Å². The zero-order valence-electron chi connectivity index (χ0n) is 9.95. The highest BCUT2D eigenvalue weighted by Gasteiger charge is 2.14. The predicted octanol–water partition coefficient (Wildman–Crippen LogP) is 2.59. The van der Waals surface area contributed by atoms with Gasteiger partial charge in [-0.15, -0.1) is 5.10 Å². The molecule has 0 spiro atoms. The number of nitrogens with zero attached hydrogens (tertiary/aromatic N) is 3. The zero-order chi connectivity index (χ0) is 11.4. The van der Waals surface area contributed by atoms with Gasteiger partial charge >= 0.3 is 0 Å². The molecular formula is C10H20N4S. The van der Waals surface area contributed by atoms with Gasteiger partial charge < -0.3 is 4.90 Å². The molecule has 1 rings (SSSR count). The van der Waals surface area contributed by atoms with Gasteiger partial charge in [0.05, 0.1) is 0 Å². The van der Waals surface area contributed by atoms with Crippen molar-refractivity contribution in [3.63, 3.8) is 0 Å². The molecule has 1 N–H and O–H groups in total. The molecule has 0 radical (unpaired) electrons. The molecule has 4 nitrogen and oxygen atoms in total. The molecule has 1 aromatic heterocycles. The second-order valence-corrected chi connectivity index (χ2v) is 4.24. The molecule has 15 heavy (non-hydrogen) atoms. The highest BCUT2D eigenvalue weighted by atomic mass is 32.1. The molecule has 0 aliphatic rings. The number of aromatic amines is 1. The average molecular weight is 228 g/mol. The van der Waals surface area contributed by atoms with E-state index in [1.54, 1.807) is 0 Å². The first kappa shape index (κ1) is 12.2. The molecule has 1 heterocycles. The lowest BCUT2D eigenvalue weighted by Gasteiger charge is -2.24. The van der Waals surface area contributed by atoms with Crippen LogP contribution in [0.1, 0.15) is 33.6 Å². The summed E-state index contributed by atoms with van der Waals surface area (Å²) in [4.78, 5) is 2.17. The lowest BCUT2D eigenvalue weighted by molar-refractivity contribution is 0.604. The topological polar surface area (TPSA) is 36.9 Å². The summed E-state index contributed by atoms with van der Waals surface area (Å²) in [5, 5.41) is 7.13. The molecule has 0 amide bonds. The molecular weight excluding hydrogens is 208 g/mol. The van der Waals surface area contributed by atoms with Gasteiger partial charge in [0.1, 0.15) is 0 Å². The molecule has 1 unspecified atom stereocenters. The Labute approximate surface area is 96.3 Å². The van der Waals surface area contributed by atoms with Crippen molar-refractivity contribution in [2.24, 2.45) is 0 Å². The number of H-pyrrole nitrogens is 1. The van der Waals surface area contributed by atoms with Crippen molar-refractivity contribution >= 4 is 18.2 Å². The zero-order valence-corrected chi connectivity index (χ0v) is 10.8. The van der Waals surface area contributed by atoms with Crippen LogP contribution in [0.4, 0.5) is 5.95 Å². The molecule has 0 aliphatic heterocycles. The van der Waals surface area contributed by atoms with E-state index in [0.717, 1.165) is 25.3 Å². The monoisotopic (exact) mass is 228 g/mol. The summed E-state index contributed by atoms with van der Waals surface area (Å²) in [6, 6.07) is 0.478. The van der Waals surface area contributed by atoms with E-state index < -0.39 is 0 Å². The van der Waals surface area contributed by atoms with Crippen molar-refractivity contribution in [2.75, 3.05) is 11.9 Å². The number of rotatable bonds is 5. The van der Waals surface area contributed by atoms with Gasteiger partial charge in [-0.3, -0.25) is 4.57 Å². The maximum Gasteiger partial charge on any atom is 0.225 e. The van der Waals surface area contributed by atoms with Crippen LogP contribution in [-0.2, 0) is 6.54 Å². The third-order valence-electron chi connectivity index (χ3n) is 2.75. The molecule has 0 saturated carbocycles. The van der Waals surface area contributed by atoms with Crippen LogP contribution in [0.5, 0.6) is 0 Å². The number of nitrogens with one attached hydrogen (secondary N) is 1. The minimum atomic E-state index is 0.478. The number of hydrogen-bond acceptors (Lipinski definition) is 3. The van der Waals surface area contributed by atoms with E-state index in [2.05, 4.69) is 47.5 Å². The van der Waals surface area contributed by atoms with Gasteiger partial charge in [-0.2, -0.15) is 0 Å². The fourth-order valence-electron chi connectivity index (χ4n) is 1.47. The SMILES string of the molecule is CCCn1c(N(C)C(C)CC)n[nH]c1=S. The fourth-order valence-corrected chi connectivity index (χ4v) is 1.69. The van der Waals surface area contributed by atoms with Crippen molar-refractivity contribution in [3.05, 3.63) is 4.77 Å². The molecule has 0 bridgehead atoms. The molecule has 86 valence electrons. The van der Waals surface area contributed by atoms with Crippen LogP contribution in [0.25, 0.3) is 0 Å². The lowest BCUT2D eigenvalue weighted by Crippen LogP contribution is -2.30. The third kappa shape index (κ3) is 2.59. The van der Waals surface area contributed by atoms with E-state index in [1.165, 1.54) is 0 Å². The first-order valence-electron chi connectivity index (χ1n) is 5.49. The second-order valence-electron chi connectivity index (χ2n) is 3.85. The van der Waals surface area contributed by atoms with E-state index in [-0.39, 0.29) is 0 Å². The quantitative estimate of drug-likeness (QED) is 0.787. The van der Waals surface area contributed by atoms with Crippen LogP contribution in [0, 0.1) is 4.77 Å². The molecule has 5 heteroatoms. The highest BCUT2D eigenvalue weighted by Crippen LogP contribution is 2.14. The summed E-state index contributed by atoms with van der Waals surface area (Å²) in [5.74, 6) is 0.941. The molecule has 1 atom stereocenters. The van der Waals surface area contributed by atoms with Crippen LogP contribution in [0.2, 0.25) is 0 Å². The Bertz CT molecular complexity index is 355. The van der Waals surface area contributed by atoms with E-state index >= 15 is 0 Å². The molecule has 0 aliphatic carbocycles. The summed E-state index contributed by atoms with van der Waals surface area (Å²) in [6.45, 7) is 7.42. The predicted molar refractivity (Wildman–Crippen MR) is 65.9 cm³/mol. The third-order valence-corrected chi connectivity index (χ3v) is 3.06. The summed E-state index contributed by atoms with van der Waals surface area (Å²) >= 11 is 5.20. The Balaban J connectivity index is 2.98. The van der Waals surface area contributed by atoms with Crippen molar-refractivity contribution in [1.29, 1.82) is 0 Å². The van der Waals surface area contributed by atoms with Crippen molar-refractivity contribution in [2.45, 2.75) is 46.2 Å². The second kappa shape index (κ2) is 5.30. The number of hydrogen-bond donors (Lipinski definition) is 1. The first-order chi connectivity index (χ1) is 7.11. The van der Waals surface area contributed by atoms with Gasteiger partial charge in [0.25, 0.3) is 0 Å². The first-order valence-corrected chi connectivity index (χ1v) is 5.90. The Morgan fingerprint density at radius 2 is 2.20 bits per heavy atom. The van der Waals surface area contributed by atoms with Gasteiger partial charge in [-0.05, 0) is 32.0 Å². The highest BCUT2D eigenvalue weighted by molar-refractivity contribution is 7.71. The van der Waals surface area contributed by atoms with E-state index in [4.69, 9.17) is 12.2 Å². The molecule has 0 fully saturated rings. The largest absolute Gasteiger partial charge is 0.341 e. The van der Waals surface area contributed by atoms with Crippen molar-refractivity contribution in [3.8, 4) is 0 Å². The summed E-state index contributed by atoms with van der Waals surface area (Å²) in [7, 11) is 2.06. The van der Waals surface area contributed by atoms with Crippen LogP contribution in [-0.4, -0.2) is 27.9 Å². The van der Waals surface area contributed by atoms with Crippen molar-refractivity contribution < 1.29 is 0 Å². The average Bonchev–Trinajstić information content (AvgIpc) is 2.59. The van der Waals surface area contributed by atoms with E-state index in [9.17, 15) is 0 Å². The van der Waals surface area contributed by atoms with Gasteiger partial charge in [0.2, 0.25) is 5.95 Å². The van der Waals surface area contributed by atoms with Gasteiger partial charge in [-0.1, -0.05) is 13.8 Å². The molecule has 0 saturated heterocycles. The van der Waals surface area contributed by atoms with Crippen LogP contribution in [0.3, 0.4) is 0 Å². The van der Waals surface area contributed by atoms with Gasteiger partial charge in [0.15, 0.2) is 4.77 Å². The standard InChI is InChI=1S/C10H20N4S/c1-5-7-14-9(11-12-10(14)15)13(4)8(3)6-2/h8H,5-7H2,1-4H3,(H,12,15). The van der Waals surface area contributed by atoms with Crippen LogP contribution < -0.4 is 4.90 Å².